The highest BCUT2D eigenvalue weighted by Crippen LogP contribution is 2.31. The predicted octanol–water partition coefficient (Wildman–Crippen LogP) is 4.74. The molecular weight excluding hydrogens is 460 g/mol. The zero-order valence-electron chi connectivity index (χ0n) is 20.9. The number of aryl methyl sites for hydroxylation is 3. The highest BCUT2D eigenvalue weighted by molar-refractivity contribution is 6.03. The van der Waals surface area contributed by atoms with Gasteiger partial charge in [0, 0.05) is 30.6 Å². The first-order valence-corrected chi connectivity index (χ1v) is 12.3. The molecule has 0 unspecified atom stereocenters. The standard InChI is InChI=1S/C27H32N4O5/c1-17-7-6-10-21(15-17)31(25(33)14-13-24(32)29-23-16-19(3)36-30-23)26(22-12-11-18(2)35-22)27(34)28-20-8-4-5-9-20/h6-7,10-12,15-16,20,26H,4-5,8-9,13-14H2,1-3H3,(H,28,34)(H,29,30,32)/t26-/m0/s1. The van der Waals surface area contributed by atoms with E-state index in [1.54, 1.807) is 38.1 Å². The Kier molecular flexibility index (Phi) is 7.87. The van der Waals surface area contributed by atoms with Crippen LogP contribution in [0.2, 0.25) is 0 Å². The summed E-state index contributed by atoms with van der Waals surface area (Å²) < 4.78 is 10.8. The van der Waals surface area contributed by atoms with Crippen molar-refractivity contribution in [3.05, 3.63) is 65.3 Å². The Morgan fingerprint density at radius 3 is 2.44 bits per heavy atom. The molecule has 0 saturated heterocycles. The molecule has 0 radical (unpaired) electrons. The van der Waals surface area contributed by atoms with Gasteiger partial charge in [0.05, 0.1) is 0 Å². The lowest BCUT2D eigenvalue weighted by Crippen LogP contribution is -2.46. The Morgan fingerprint density at radius 1 is 1.03 bits per heavy atom. The molecule has 1 aliphatic rings. The summed E-state index contributed by atoms with van der Waals surface area (Å²) in [4.78, 5) is 41.2. The van der Waals surface area contributed by atoms with Gasteiger partial charge in [-0.25, -0.2) is 0 Å². The molecule has 2 heterocycles. The van der Waals surface area contributed by atoms with Gasteiger partial charge in [-0.1, -0.05) is 30.1 Å². The summed E-state index contributed by atoms with van der Waals surface area (Å²) in [5.41, 5.74) is 1.50. The molecule has 9 heteroatoms. The predicted molar refractivity (Wildman–Crippen MR) is 134 cm³/mol. The summed E-state index contributed by atoms with van der Waals surface area (Å²) in [5.74, 6) is 0.836. The van der Waals surface area contributed by atoms with Crippen molar-refractivity contribution in [3.63, 3.8) is 0 Å². The van der Waals surface area contributed by atoms with E-state index in [1.807, 2.05) is 25.1 Å². The minimum atomic E-state index is -1.00. The first-order valence-electron chi connectivity index (χ1n) is 12.3. The summed E-state index contributed by atoms with van der Waals surface area (Å²) in [6.45, 7) is 5.44. The van der Waals surface area contributed by atoms with Gasteiger partial charge in [0.25, 0.3) is 5.91 Å². The molecule has 0 aliphatic heterocycles. The van der Waals surface area contributed by atoms with Crippen LogP contribution in [0.3, 0.4) is 0 Å². The Hall–Kier alpha value is -3.88. The van der Waals surface area contributed by atoms with Crippen molar-refractivity contribution in [3.8, 4) is 0 Å². The molecule has 0 spiro atoms. The lowest BCUT2D eigenvalue weighted by molar-refractivity contribution is -0.128. The Balaban J connectivity index is 1.60. The Labute approximate surface area is 210 Å². The third kappa shape index (κ3) is 6.21. The van der Waals surface area contributed by atoms with Crippen molar-refractivity contribution in [1.29, 1.82) is 0 Å². The Bertz CT molecular complexity index is 1220. The molecule has 3 aromatic rings. The summed E-state index contributed by atoms with van der Waals surface area (Å²) in [6.07, 6.45) is 3.77. The van der Waals surface area contributed by atoms with Crippen molar-refractivity contribution in [2.75, 3.05) is 10.2 Å². The van der Waals surface area contributed by atoms with Gasteiger partial charge in [-0.05, 0) is 63.4 Å². The molecule has 4 rings (SSSR count). The van der Waals surface area contributed by atoms with Gasteiger partial charge in [-0.3, -0.25) is 19.3 Å². The topological polar surface area (TPSA) is 118 Å². The summed E-state index contributed by atoms with van der Waals surface area (Å²) >= 11 is 0. The molecule has 2 N–H and O–H groups in total. The van der Waals surface area contributed by atoms with Crippen LogP contribution in [-0.2, 0) is 14.4 Å². The van der Waals surface area contributed by atoms with E-state index in [-0.39, 0.29) is 36.6 Å². The van der Waals surface area contributed by atoms with E-state index in [2.05, 4.69) is 15.8 Å². The van der Waals surface area contributed by atoms with Crippen LogP contribution in [0, 0.1) is 20.8 Å². The maximum Gasteiger partial charge on any atom is 0.251 e. The zero-order valence-corrected chi connectivity index (χ0v) is 20.9. The van der Waals surface area contributed by atoms with Gasteiger partial charge in [0.1, 0.15) is 17.3 Å². The molecule has 2 aromatic heterocycles. The molecule has 1 fully saturated rings. The number of nitrogens with one attached hydrogen (secondary N) is 2. The first-order chi connectivity index (χ1) is 17.3. The van der Waals surface area contributed by atoms with E-state index >= 15 is 0 Å². The third-order valence-corrected chi connectivity index (χ3v) is 6.25. The molecule has 1 saturated carbocycles. The number of rotatable bonds is 9. The number of anilines is 2. The minimum Gasteiger partial charge on any atom is -0.464 e. The van der Waals surface area contributed by atoms with Crippen molar-refractivity contribution < 1.29 is 23.3 Å². The normalized spacial score (nSPS) is 14.4. The van der Waals surface area contributed by atoms with Crippen molar-refractivity contribution >= 4 is 29.2 Å². The molecule has 0 bridgehead atoms. The van der Waals surface area contributed by atoms with Crippen molar-refractivity contribution in [1.82, 2.24) is 10.5 Å². The maximum absolute atomic E-state index is 13.7. The molecule has 36 heavy (non-hydrogen) atoms. The molecule has 3 amide bonds. The third-order valence-electron chi connectivity index (χ3n) is 6.25. The number of aromatic nitrogens is 1. The summed E-state index contributed by atoms with van der Waals surface area (Å²) in [6, 6.07) is 11.6. The lowest BCUT2D eigenvalue weighted by Gasteiger charge is -2.31. The van der Waals surface area contributed by atoms with Crippen LogP contribution in [0.4, 0.5) is 11.5 Å². The van der Waals surface area contributed by atoms with Gasteiger partial charge in [0.15, 0.2) is 11.9 Å². The van der Waals surface area contributed by atoms with Crippen molar-refractivity contribution in [2.45, 2.75) is 71.4 Å². The number of amides is 3. The second-order valence-electron chi connectivity index (χ2n) is 9.31. The Morgan fingerprint density at radius 2 is 1.81 bits per heavy atom. The molecular formula is C27H32N4O5. The molecule has 190 valence electrons. The van der Waals surface area contributed by atoms with Crippen LogP contribution < -0.4 is 15.5 Å². The van der Waals surface area contributed by atoms with Crippen LogP contribution in [-0.4, -0.2) is 28.9 Å². The molecule has 9 nitrogen and oxygen atoms in total. The van der Waals surface area contributed by atoms with Gasteiger partial charge in [-0.15, -0.1) is 0 Å². The number of nitrogens with zero attached hydrogens (tertiary/aromatic N) is 2. The SMILES string of the molecule is Cc1cccc(N(C(=O)CCC(=O)Nc2cc(C)on2)[C@H](C(=O)NC2CCCC2)c2ccc(C)o2)c1. The molecule has 1 atom stereocenters. The zero-order chi connectivity index (χ0) is 25.7. The van der Waals surface area contributed by atoms with Crippen LogP contribution >= 0.6 is 0 Å². The minimum absolute atomic E-state index is 0.0715. The molecule has 1 aromatic carbocycles. The van der Waals surface area contributed by atoms with E-state index in [0.717, 1.165) is 31.2 Å². The van der Waals surface area contributed by atoms with Crippen LogP contribution in [0.15, 0.2) is 51.4 Å². The largest absolute Gasteiger partial charge is 0.464 e. The molecule has 1 aliphatic carbocycles. The van der Waals surface area contributed by atoms with E-state index in [1.165, 1.54) is 4.90 Å². The first kappa shape index (κ1) is 25.2. The van der Waals surface area contributed by atoms with E-state index < -0.39 is 6.04 Å². The van der Waals surface area contributed by atoms with Gasteiger partial charge < -0.3 is 19.6 Å². The highest BCUT2D eigenvalue weighted by Gasteiger charge is 2.36. The van der Waals surface area contributed by atoms with Crippen LogP contribution in [0.5, 0.6) is 0 Å². The number of hydrogen-bond donors (Lipinski definition) is 2. The second-order valence-corrected chi connectivity index (χ2v) is 9.31. The number of carbonyl (C=O) groups is 3. The van der Waals surface area contributed by atoms with Gasteiger partial charge in [-0.2, -0.15) is 0 Å². The van der Waals surface area contributed by atoms with Gasteiger partial charge >= 0.3 is 0 Å². The number of hydrogen-bond acceptors (Lipinski definition) is 6. The quantitative estimate of drug-likeness (QED) is 0.445. The number of furan rings is 1. The average molecular weight is 493 g/mol. The maximum atomic E-state index is 13.7. The second kappa shape index (κ2) is 11.2. The fraction of sp³-hybridized carbons (Fsp3) is 0.407. The van der Waals surface area contributed by atoms with Crippen LogP contribution in [0.25, 0.3) is 0 Å². The fourth-order valence-electron chi connectivity index (χ4n) is 4.51. The highest BCUT2D eigenvalue weighted by atomic mass is 16.5. The summed E-state index contributed by atoms with van der Waals surface area (Å²) in [5, 5.41) is 9.49. The van der Waals surface area contributed by atoms with Gasteiger partial charge in [0.2, 0.25) is 11.8 Å². The fourth-order valence-corrected chi connectivity index (χ4v) is 4.51. The average Bonchev–Trinajstić information content (AvgIpc) is 3.59. The van der Waals surface area contributed by atoms with E-state index in [9.17, 15) is 14.4 Å². The van der Waals surface area contributed by atoms with E-state index in [4.69, 9.17) is 8.94 Å². The summed E-state index contributed by atoms with van der Waals surface area (Å²) in [7, 11) is 0. The van der Waals surface area contributed by atoms with Crippen molar-refractivity contribution in [2.24, 2.45) is 0 Å². The number of carbonyl (C=O) groups excluding carboxylic acids is 3. The smallest absolute Gasteiger partial charge is 0.251 e. The van der Waals surface area contributed by atoms with E-state index in [0.29, 0.717) is 28.8 Å². The monoisotopic (exact) mass is 492 g/mol. The number of benzene rings is 1. The lowest BCUT2D eigenvalue weighted by atomic mass is 10.1. The van der Waals surface area contributed by atoms with Crippen LogP contribution in [0.1, 0.15) is 67.4 Å².